The molecule has 3 aromatic rings. The largest absolute Gasteiger partial charge is 0.496 e. The fraction of sp³-hybridized carbons (Fsp3) is 0.176. The number of rotatable bonds is 4. The van der Waals surface area contributed by atoms with E-state index in [-0.39, 0.29) is 0 Å². The Kier molecular flexibility index (Phi) is 3.86. The van der Waals surface area contributed by atoms with Crippen molar-refractivity contribution in [2.75, 3.05) is 14.2 Å². The molecule has 0 aliphatic carbocycles. The Bertz CT molecular complexity index is 780. The van der Waals surface area contributed by atoms with Gasteiger partial charge in [-0.15, -0.1) is 0 Å². The molecule has 1 N–H and O–H groups in total. The second-order valence-corrected chi connectivity index (χ2v) is 5.29. The molecule has 0 fully saturated rings. The fourth-order valence-electron chi connectivity index (χ4n) is 2.42. The number of nitrogens with one attached hydrogen (secondary N) is 1. The van der Waals surface area contributed by atoms with Crippen molar-refractivity contribution in [2.24, 2.45) is 0 Å². The van der Waals surface area contributed by atoms with Gasteiger partial charge in [-0.05, 0) is 49.5 Å². The van der Waals surface area contributed by atoms with Crippen LogP contribution in [0.2, 0.25) is 5.02 Å². The van der Waals surface area contributed by atoms with E-state index < -0.39 is 0 Å². The molecular formula is C17H16ClNO2. The number of methoxy groups -OCH3 is 1. The predicted octanol–water partition coefficient (Wildman–Crippen LogP) is 4.48. The lowest BCUT2D eigenvalue weighted by atomic mass is 10.1. The summed E-state index contributed by atoms with van der Waals surface area (Å²) >= 11 is 6.01. The van der Waals surface area contributed by atoms with Gasteiger partial charge in [0.25, 0.3) is 0 Å². The van der Waals surface area contributed by atoms with Crippen LogP contribution in [0.15, 0.2) is 46.9 Å². The lowest BCUT2D eigenvalue weighted by Crippen LogP contribution is -2.06. The Hall–Kier alpha value is -1.97. The highest BCUT2D eigenvalue weighted by atomic mass is 35.5. The summed E-state index contributed by atoms with van der Waals surface area (Å²) in [5.74, 6) is 1.69. The molecule has 3 rings (SSSR count). The first-order valence-corrected chi connectivity index (χ1v) is 7.10. The second-order valence-electron chi connectivity index (χ2n) is 4.85. The Balaban J connectivity index is 2.07. The van der Waals surface area contributed by atoms with Gasteiger partial charge in [0, 0.05) is 28.1 Å². The minimum atomic E-state index is 0.709. The van der Waals surface area contributed by atoms with Crippen LogP contribution in [0.25, 0.3) is 22.3 Å². The first-order valence-electron chi connectivity index (χ1n) is 6.72. The Morgan fingerprint density at radius 3 is 2.76 bits per heavy atom. The topological polar surface area (TPSA) is 34.4 Å². The maximum absolute atomic E-state index is 6.01. The number of halogens is 1. The zero-order valence-corrected chi connectivity index (χ0v) is 12.7. The molecule has 0 saturated heterocycles. The molecule has 0 aliphatic rings. The van der Waals surface area contributed by atoms with Crippen LogP contribution in [0, 0.1) is 0 Å². The standard InChI is InChI=1S/C17H16ClNO2/c1-19-10-13-7-11(3-5-15(13)20-2)17-9-12-8-14(18)4-6-16(12)21-17/h3-9,19H,10H2,1-2H3. The second kappa shape index (κ2) is 5.80. The molecular weight excluding hydrogens is 286 g/mol. The first kappa shape index (κ1) is 14.0. The van der Waals surface area contributed by atoms with E-state index in [1.165, 1.54) is 0 Å². The van der Waals surface area contributed by atoms with Gasteiger partial charge in [-0.2, -0.15) is 0 Å². The van der Waals surface area contributed by atoms with E-state index in [1.807, 2.05) is 43.4 Å². The highest BCUT2D eigenvalue weighted by molar-refractivity contribution is 6.31. The lowest BCUT2D eigenvalue weighted by molar-refractivity contribution is 0.408. The van der Waals surface area contributed by atoms with Crippen LogP contribution in [0.5, 0.6) is 5.75 Å². The molecule has 0 amide bonds. The third-order valence-corrected chi connectivity index (χ3v) is 3.65. The summed E-state index contributed by atoms with van der Waals surface area (Å²) in [6, 6.07) is 13.7. The van der Waals surface area contributed by atoms with Crippen molar-refractivity contribution < 1.29 is 9.15 Å². The summed E-state index contributed by atoms with van der Waals surface area (Å²) in [5, 5.41) is 4.86. The summed E-state index contributed by atoms with van der Waals surface area (Å²) in [5.41, 5.74) is 2.95. The van der Waals surface area contributed by atoms with E-state index in [2.05, 4.69) is 11.4 Å². The van der Waals surface area contributed by atoms with Gasteiger partial charge in [0.2, 0.25) is 0 Å². The number of hydrogen-bond acceptors (Lipinski definition) is 3. The van der Waals surface area contributed by atoms with Crippen molar-refractivity contribution >= 4 is 22.6 Å². The molecule has 2 aromatic carbocycles. The smallest absolute Gasteiger partial charge is 0.135 e. The van der Waals surface area contributed by atoms with Crippen LogP contribution in [-0.4, -0.2) is 14.2 Å². The van der Waals surface area contributed by atoms with Gasteiger partial charge in [-0.3, -0.25) is 0 Å². The summed E-state index contributed by atoms with van der Waals surface area (Å²) in [6.45, 7) is 0.739. The van der Waals surface area contributed by atoms with Crippen LogP contribution in [0.1, 0.15) is 5.56 Å². The average Bonchev–Trinajstić information content (AvgIpc) is 2.90. The normalized spacial score (nSPS) is 11.0. The molecule has 108 valence electrons. The van der Waals surface area contributed by atoms with Gasteiger partial charge in [0.05, 0.1) is 7.11 Å². The number of benzene rings is 2. The number of ether oxygens (including phenoxy) is 1. The molecule has 0 radical (unpaired) electrons. The highest BCUT2D eigenvalue weighted by Crippen LogP contribution is 2.32. The van der Waals surface area contributed by atoms with Crippen molar-refractivity contribution in [1.82, 2.24) is 5.32 Å². The molecule has 0 atom stereocenters. The molecule has 0 aliphatic heterocycles. The molecule has 0 bridgehead atoms. The van der Waals surface area contributed by atoms with Crippen LogP contribution in [0.3, 0.4) is 0 Å². The van der Waals surface area contributed by atoms with Crippen LogP contribution < -0.4 is 10.1 Å². The molecule has 3 nitrogen and oxygen atoms in total. The number of hydrogen-bond donors (Lipinski definition) is 1. The maximum Gasteiger partial charge on any atom is 0.135 e. The van der Waals surface area contributed by atoms with Crippen LogP contribution >= 0.6 is 11.6 Å². The first-order chi connectivity index (χ1) is 10.2. The zero-order valence-electron chi connectivity index (χ0n) is 11.9. The van der Waals surface area contributed by atoms with Crippen molar-refractivity contribution in [3.8, 4) is 17.1 Å². The summed E-state index contributed by atoms with van der Waals surface area (Å²) in [7, 11) is 3.59. The molecule has 0 saturated carbocycles. The SMILES string of the molecule is CNCc1cc(-c2cc3cc(Cl)ccc3o2)ccc1OC. The van der Waals surface area contributed by atoms with Crippen molar-refractivity contribution in [2.45, 2.75) is 6.54 Å². The minimum Gasteiger partial charge on any atom is -0.496 e. The van der Waals surface area contributed by atoms with Gasteiger partial charge >= 0.3 is 0 Å². The third kappa shape index (κ3) is 2.75. The van der Waals surface area contributed by atoms with E-state index in [4.69, 9.17) is 20.8 Å². The van der Waals surface area contributed by atoms with Gasteiger partial charge in [-0.25, -0.2) is 0 Å². The minimum absolute atomic E-state index is 0.709. The van der Waals surface area contributed by atoms with E-state index in [9.17, 15) is 0 Å². The quantitative estimate of drug-likeness (QED) is 0.771. The Morgan fingerprint density at radius 1 is 1.14 bits per heavy atom. The monoisotopic (exact) mass is 301 g/mol. The third-order valence-electron chi connectivity index (χ3n) is 3.41. The average molecular weight is 302 g/mol. The fourth-order valence-corrected chi connectivity index (χ4v) is 2.60. The Morgan fingerprint density at radius 2 is 2.00 bits per heavy atom. The van der Waals surface area contributed by atoms with E-state index in [1.54, 1.807) is 7.11 Å². The van der Waals surface area contributed by atoms with Gasteiger partial charge in [-0.1, -0.05) is 11.6 Å². The van der Waals surface area contributed by atoms with Crippen molar-refractivity contribution in [3.63, 3.8) is 0 Å². The number of fused-ring (bicyclic) bond motifs is 1. The van der Waals surface area contributed by atoms with Crippen LogP contribution in [0.4, 0.5) is 0 Å². The number of furan rings is 1. The highest BCUT2D eigenvalue weighted by Gasteiger charge is 2.10. The molecule has 4 heteroatoms. The van der Waals surface area contributed by atoms with Gasteiger partial charge < -0.3 is 14.5 Å². The molecule has 0 unspecified atom stereocenters. The summed E-state index contributed by atoms with van der Waals surface area (Å²) < 4.78 is 11.3. The molecule has 1 aromatic heterocycles. The van der Waals surface area contributed by atoms with Crippen molar-refractivity contribution in [3.05, 3.63) is 53.1 Å². The molecule has 21 heavy (non-hydrogen) atoms. The maximum atomic E-state index is 6.01. The van der Waals surface area contributed by atoms with Gasteiger partial charge in [0.1, 0.15) is 17.1 Å². The van der Waals surface area contributed by atoms with Crippen LogP contribution in [-0.2, 0) is 6.54 Å². The van der Waals surface area contributed by atoms with E-state index >= 15 is 0 Å². The van der Waals surface area contributed by atoms with E-state index in [0.717, 1.165) is 40.2 Å². The van der Waals surface area contributed by atoms with E-state index in [0.29, 0.717) is 5.02 Å². The predicted molar refractivity (Wildman–Crippen MR) is 86.0 cm³/mol. The summed E-state index contributed by atoms with van der Waals surface area (Å²) in [6.07, 6.45) is 0. The van der Waals surface area contributed by atoms with Crippen molar-refractivity contribution in [1.29, 1.82) is 0 Å². The summed E-state index contributed by atoms with van der Waals surface area (Å²) in [4.78, 5) is 0. The molecule has 0 spiro atoms. The molecule has 1 heterocycles. The zero-order chi connectivity index (χ0) is 14.8. The Labute approximate surface area is 128 Å². The van der Waals surface area contributed by atoms with Gasteiger partial charge in [0.15, 0.2) is 0 Å². The lowest BCUT2D eigenvalue weighted by Gasteiger charge is -2.09.